The third kappa shape index (κ3) is 3.80. The second kappa shape index (κ2) is 7.74. The highest BCUT2D eigenvalue weighted by atomic mass is 32.2. The first-order valence-corrected chi connectivity index (χ1v) is 9.63. The quantitative estimate of drug-likeness (QED) is 0.697. The maximum absolute atomic E-state index is 12.5. The molecule has 6 heteroatoms. The number of benzene rings is 2. The van der Waals surface area contributed by atoms with E-state index in [2.05, 4.69) is 29.5 Å². The van der Waals surface area contributed by atoms with E-state index in [9.17, 15) is 4.79 Å². The summed E-state index contributed by atoms with van der Waals surface area (Å²) in [6.07, 6.45) is 2.04. The summed E-state index contributed by atoms with van der Waals surface area (Å²) in [6.45, 7) is 6.44. The summed E-state index contributed by atoms with van der Waals surface area (Å²) in [5.41, 5.74) is 5.43. The predicted molar refractivity (Wildman–Crippen MR) is 105 cm³/mol. The molecule has 0 atom stereocenters. The highest BCUT2D eigenvalue weighted by Crippen LogP contribution is 2.17. The number of hydrogen-bond acceptors (Lipinski definition) is 4. The fourth-order valence-electron chi connectivity index (χ4n) is 2.65. The number of aryl methyl sites for hydroxylation is 2. The lowest BCUT2D eigenvalue weighted by atomic mass is 10.1. The number of hydrogen-bond donors (Lipinski definition) is 1. The molecule has 0 fully saturated rings. The van der Waals surface area contributed by atoms with Crippen molar-refractivity contribution in [3.63, 3.8) is 0 Å². The molecule has 3 aromatic rings. The van der Waals surface area contributed by atoms with Crippen LogP contribution in [0.25, 0.3) is 5.69 Å². The highest BCUT2D eigenvalue weighted by molar-refractivity contribution is 7.98. The van der Waals surface area contributed by atoms with Gasteiger partial charge in [-0.25, -0.2) is 4.68 Å². The zero-order valence-electron chi connectivity index (χ0n) is 15.4. The van der Waals surface area contributed by atoms with Crippen LogP contribution in [0.15, 0.2) is 47.4 Å². The maximum Gasteiger partial charge on any atom is 0.274 e. The molecule has 0 bridgehead atoms. The van der Waals surface area contributed by atoms with E-state index in [-0.39, 0.29) is 5.91 Å². The second-order valence-electron chi connectivity index (χ2n) is 6.23. The summed E-state index contributed by atoms with van der Waals surface area (Å²) in [4.78, 5) is 13.7. The van der Waals surface area contributed by atoms with Crippen molar-refractivity contribution < 1.29 is 4.79 Å². The van der Waals surface area contributed by atoms with Crippen LogP contribution < -0.4 is 5.32 Å². The molecular formula is C20H22N4OS. The lowest BCUT2D eigenvalue weighted by Crippen LogP contribution is -2.24. The molecule has 0 aliphatic rings. The SMILES string of the molecule is CSc1ccc(CNC(=O)c2nnn(-c3ccc(C)c(C)c3)c2C)cc1. The highest BCUT2D eigenvalue weighted by Gasteiger charge is 2.17. The Bertz CT molecular complexity index is 931. The lowest BCUT2D eigenvalue weighted by molar-refractivity contribution is 0.0945. The average molecular weight is 366 g/mol. The van der Waals surface area contributed by atoms with Crippen molar-refractivity contribution in [2.24, 2.45) is 0 Å². The number of nitrogens with zero attached hydrogens (tertiary/aromatic N) is 3. The van der Waals surface area contributed by atoms with Crippen molar-refractivity contribution in [2.75, 3.05) is 6.26 Å². The molecule has 0 saturated heterocycles. The van der Waals surface area contributed by atoms with Crippen LogP contribution in [-0.2, 0) is 6.54 Å². The van der Waals surface area contributed by atoms with Gasteiger partial charge in [-0.15, -0.1) is 16.9 Å². The zero-order chi connectivity index (χ0) is 18.7. The molecule has 1 heterocycles. The molecule has 0 aliphatic carbocycles. The molecule has 0 radical (unpaired) electrons. The molecule has 134 valence electrons. The van der Waals surface area contributed by atoms with E-state index in [1.165, 1.54) is 16.0 Å². The number of nitrogens with one attached hydrogen (secondary N) is 1. The Morgan fingerprint density at radius 1 is 1.08 bits per heavy atom. The van der Waals surface area contributed by atoms with Gasteiger partial charge in [0.15, 0.2) is 5.69 Å². The van der Waals surface area contributed by atoms with Crippen LogP contribution in [0.4, 0.5) is 0 Å². The van der Waals surface area contributed by atoms with E-state index < -0.39 is 0 Å². The molecule has 1 aromatic heterocycles. The van der Waals surface area contributed by atoms with Gasteiger partial charge in [-0.2, -0.15) is 0 Å². The van der Waals surface area contributed by atoms with Crippen LogP contribution in [0.1, 0.15) is 32.9 Å². The Balaban J connectivity index is 1.73. The maximum atomic E-state index is 12.5. The van der Waals surface area contributed by atoms with E-state index in [1.807, 2.05) is 55.6 Å². The second-order valence-corrected chi connectivity index (χ2v) is 7.11. The normalized spacial score (nSPS) is 10.8. The van der Waals surface area contributed by atoms with E-state index in [1.54, 1.807) is 16.4 Å². The van der Waals surface area contributed by atoms with Gasteiger partial charge in [-0.3, -0.25) is 4.79 Å². The lowest BCUT2D eigenvalue weighted by Gasteiger charge is -2.07. The third-order valence-electron chi connectivity index (χ3n) is 4.46. The zero-order valence-corrected chi connectivity index (χ0v) is 16.2. The van der Waals surface area contributed by atoms with Gasteiger partial charge in [-0.1, -0.05) is 23.4 Å². The van der Waals surface area contributed by atoms with Gasteiger partial charge >= 0.3 is 0 Å². The van der Waals surface area contributed by atoms with Gasteiger partial charge in [0.25, 0.3) is 5.91 Å². The molecule has 0 unspecified atom stereocenters. The molecule has 5 nitrogen and oxygen atoms in total. The average Bonchev–Trinajstić information content (AvgIpc) is 3.04. The number of amides is 1. The fourth-order valence-corrected chi connectivity index (χ4v) is 3.06. The topological polar surface area (TPSA) is 59.8 Å². The summed E-state index contributed by atoms with van der Waals surface area (Å²) < 4.78 is 1.70. The first kappa shape index (κ1) is 18.2. The molecule has 26 heavy (non-hydrogen) atoms. The van der Waals surface area contributed by atoms with Gasteiger partial charge in [0.1, 0.15) is 0 Å². The van der Waals surface area contributed by atoms with Crippen LogP contribution >= 0.6 is 11.8 Å². The van der Waals surface area contributed by atoms with Crippen molar-refractivity contribution in [1.29, 1.82) is 0 Å². The Morgan fingerprint density at radius 3 is 2.46 bits per heavy atom. The number of carbonyl (C=O) groups is 1. The Hall–Kier alpha value is -2.60. The van der Waals surface area contributed by atoms with Crippen LogP contribution in [-0.4, -0.2) is 27.2 Å². The van der Waals surface area contributed by atoms with Crippen molar-refractivity contribution in [1.82, 2.24) is 20.3 Å². The summed E-state index contributed by atoms with van der Waals surface area (Å²) in [7, 11) is 0. The summed E-state index contributed by atoms with van der Waals surface area (Å²) in [5, 5.41) is 11.2. The number of carbonyl (C=O) groups excluding carboxylic acids is 1. The molecule has 3 rings (SSSR count). The van der Waals surface area contributed by atoms with E-state index in [0.717, 1.165) is 16.9 Å². The molecule has 1 N–H and O–H groups in total. The minimum Gasteiger partial charge on any atom is -0.347 e. The van der Waals surface area contributed by atoms with Crippen molar-refractivity contribution in [3.05, 3.63) is 70.5 Å². The van der Waals surface area contributed by atoms with Crippen LogP contribution in [0.3, 0.4) is 0 Å². The first-order valence-electron chi connectivity index (χ1n) is 8.40. The Morgan fingerprint density at radius 2 is 1.81 bits per heavy atom. The third-order valence-corrected chi connectivity index (χ3v) is 5.20. The molecule has 0 aliphatic heterocycles. The predicted octanol–water partition coefficient (Wildman–Crippen LogP) is 3.84. The monoisotopic (exact) mass is 366 g/mol. The minimum absolute atomic E-state index is 0.216. The minimum atomic E-state index is -0.216. The van der Waals surface area contributed by atoms with Crippen molar-refractivity contribution in [2.45, 2.75) is 32.2 Å². The smallest absolute Gasteiger partial charge is 0.274 e. The van der Waals surface area contributed by atoms with E-state index in [0.29, 0.717) is 12.2 Å². The fraction of sp³-hybridized carbons (Fsp3) is 0.250. The van der Waals surface area contributed by atoms with Gasteiger partial charge in [-0.05, 0) is 68.0 Å². The standard InChI is InChI=1S/C20H22N4OS/c1-13-5-8-17(11-14(13)2)24-15(3)19(22-23-24)20(25)21-12-16-6-9-18(26-4)10-7-16/h5-11H,12H2,1-4H3,(H,21,25). The summed E-state index contributed by atoms with van der Waals surface area (Å²) in [6, 6.07) is 14.2. The van der Waals surface area contributed by atoms with Gasteiger partial charge in [0.2, 0.25) is 0 Å². The van der Waals surface area contributed by atoms with E-state index in [4.69, 9.17) is 0 Å². The summed E-state index contributed by atoms with van der Waals surface area (Å²) in [5.74, 6) is -0.216. The van der Waals surface area contributed by atoms with Crippen LogP contribution in [0.2, 0.25) is 0 Å². The molecular weight excluding hydrogens is 344 g/mol. The molecule has 1 amide bonds. The number of rotatable bonds is 5. The van der Waals surface area contributed by atoms with Crippen molar-refractivity contribution in [3.8, 4) is 5.69 Å². The Labute approximate surface area is 157 Å². The van der Waals surface area contributed by atoms with Crippen molar-refractivity contribution >= 4 is 17.7 Å². The first-order chi connectivity index (χ1) is 12.5. The molecule has 2 aromatic carbocycles. The van der Waals surface area contributed by atoms with Gasteiger partial charge < -0.3 is 5.32 Å². The number of aromatic nitrogens is 3. The van der Waals surface area contributed by atoms with Crippen LogP contribution in [0, 0.1) is 20.8 Å². The van der Waals surface area contributed by atoms with Crippen LogP contribution in [0.5, 0.6) is 0 Å². The largest absolute Gasteiger partial charge is 0.347 e. The van der Waals surface area contributed by atoms with E-state index >= 15 is 0 Å². The molecule has 0 spiro atoms. The Kier molecular flexibility index (Phi) is 5.42. The molecule has 0 saturated carbocycles. The van der Waals surface area contributed by atoms with Gasteiger partial charge in [0, 0.05) is 11.4 Å². The van der Waals surface area contributed by atoms with Gasteiger partial charge in [0.05, 0.1) is 11.4 Å². The number of thioether (sulfide) groups is 1. The summed E-state index contributed by atoms with van der Waals surface area (Å²) >= 11 is 1.69.